The van der Waals surface area contributed by atoms with Gasteiger partial charge in [0.25, 0.3) is 11.6 Å². The van der Waals surface area contributed by atoms with Crippen molar-refractivity contribution in [1.29, 1.82) is 0 Å². The van der Waals surface area contributed by atoms with E-state index in [1.165, 1.54) is 18.2 Å². The smallest absolute Gasteiger partial charge is 0.271 e. The lowest BCUT2D eigenvalue weighted by Crippen LogP contribution is -2.52. The molecule has 3 aliphatic heterocycles. The van der Waals surface area contributed by atoms with Gasteiger partial charge in [-0.05, 0) is 25.0 Å². The number of rotatable bonds is 3. The lowest BCUT2D eigenvalue weighted by atomic mass is 9.81. The molecule has 3 heterocycles. The SMILES string of the molecule is C[C@@]12C(=O)N(c3cccc([N+](=O)[O-])c3)C(=O)[C@@H]1[C@H](c1ccccc1)N1CCCN12. The van der Waals surface area contributed by atoms with Gasteiger partial charge in [0, 0.05) is 25.2 Å². The number of amides is 2. The molecule has 0 aliphatic carbocycles. The fourth-order valence-corrected chi connectivity index (χ4v) is 5.15. The van der Waals surface area contributed by atoms with E-state index in [1.807, 2.05) is 42.3 Å². The second-order valence-corrected chi connectivity index (χ2v) is 7.88. The van der Waals surface area contributed by atoms with Gasteiger partial charge in [-0.1, -0.05) is 36.4 Å². The van der Waals surface area contributed by atoms with Gasteiger partial charge in [-0.3, -0.25) is 19.7 Å². The molecule has 0 N–H and O–H groups in total. The van der Waals surface area contributed by atoms with Crippen LogP contribution < -0.4 is 4.90 Å². The fraction of sp³-hybridized carbons (Fsp3) is 0.333. The third kappa shape index (κ3) is 2.33. The van der Waals surface area contributed by atoms with E-state index in [0.717, 1.165) is 23.4 Å². The Balaban J connectivity index is 1.63. The zero-order chi connectivity index (χ0) is 20.3. The number of benzene rings is 2. The Hall–Kier alpha value is -3.10. The predicted octanol–water partition coefficient (Wildman–Crippen LogP) is 2.52. The Morgan fingerprint density at radius 2 is 1.83 bits per heavy atom. The van der Waals surface area contributed by atoms with Gasteiger partial charge in [-0.2, -0.15) is 0 Å². The summed E-state index contributed by atoms with van der Waals surface area (Å²) in [4.78, 5) is 39.0. The Bertz CT molecular complexity index is 1030. The largest absolute Gasteiger partial charge is 0.274 e. The van der Waals surface area contributed by atoms with Crippen molar-refractivity contribution in [2.75, 3.05) is 18.0 Å². The van der Waals surface area contributed by atoms with Crippen LogP contribution in [0.1, 0.15) is 24.9 Å². The first-order chi connectivity index (χ1) is 13.9. The molecular weight excluding hydrogens is 372 g/mol. The Morgan fingerprint density at radius 3 is 2.55 bits per heavy atom. The minimum absolute atomic E-state index is 0.146. The molecule has 0 bridgehead atoms. The van der Waals surface area contributed by atoms with Crippen molar-refractivity contribution in [2.45, 2.75) is 24.9 Å². The van der Waals surface area contributed by atoms with Crippen molar-refractivity contribution in [3.63, 3.8) is 0 Å². The summed E-state index contributed by atoms with van der Waals surface area (Å²) in [6, 6.07) is 15.3. The fourth-order valence-electron chi connectivity index (χ4n) is 5.15. The average molecular weight is 392 g/mol. The summed E-state index contributed by atoms with van der Waals surface area (Å²) in [5.41, 5.74) is 0.101. The number of hydrogen-bond acceptors (Lipinski definition) is 6. The number of non-ortho nitro benzene ring substituents is 1. The highest BCUT2D eigenvalue weighted by Gasteiger charge is 2.70. The van der Waals surface area contributed by atoms with Crippen LogP contribution in [0.2, 0.25) is 0 Å². The van der Waals surface area contributed by atoms with E-state index >= 15 is 0 Å². The van der Waals surface area contributed by atoms with Crippen LogP contribution in [0.5, 0.6) is 0 Å². The van der Waals surface area contributed by atoms with Crippen LogP contribution in [0.15, 0.2) is 54.6 Å². The summed E-state index contributed by atoms with van der Waals surface area (Å²) in [5.74, 6) is -1.20. The third-order valence-corrected chi connectivity index (χ3v) is 6.41. The van der Waals surface area contributed by atoms with E-state index in [9.17, 15) is 19.7 Å². The molecule has 0 aromatic heterocycles. The van der Waals surface area contributed by atoms with Gasteiger partial charge in [0.1, 0.15) is 5.54 Å². The lowest BCUT2D eigenvalue weighted by molar-refractivity contribution is -0.384. The number of fused-ring (bicyclic) bond motifs is 3. The van der Waals surface area contributed by atoms with Crippen molar-refractivity contribution >= 4 is 23.2 Å². The topological polar surface area (TPSA) is 87.0 Å². The number of carbonyl (C=O) groups excluding carboxylic acids is 2. The van der Waals surface area contributed by atoms with Crippen LogP contribution in [0, 0.1) is 16.0 Å². The zero-order valence-electron chi connectivity index (χ0n) is 15.9. The molecule has 5 rings (SSSR count). The van der Waals surface area contributed by atoms with E-state index in [2.05, 4.69) is 5.01 Å². The van der Waals surface area contributed by atoms with Crippen LogP contribution in [-0.4, -0.2) is 45.4 Å². The summed E-state index contributed by atoms with van der Waals surface area (Å²) >= 11 is 0. The van der Waals surface area contributed by atoms with Crippen LogP contribution in [0.3, 0.4) is 0 Å². The molecule has 148 valence electrons. The standard InChI is InChI=1S/C21H20N4O4/c1-21-17(18(14-7-3-2-4-8-14)22-11-6-12-23(21)22)19(26)24(20(21)27)15-9-5-10-16(13-15)25(28)29/h2-5,7-10,13,17-18H,6,11-12H2,1H3/t17-,18-,21-/m0/s1. The molecule has 8 nitrogen and oxygen atoms in total. The Morgan fingerprint density at radius 1 is 1.07 bits per heavy atom. The van der Waals surface area contributed by atoms with Crippen LogP contribution in [-0.2, 0) is 9.59 Å². The number of imide groups is 1. The maximum atomic E-state index is 13.6. The molecule has 0 spiro atoms. The summed E-state index contributed by atoms with van der Waals surface area (Å²) in [6.07, 6.45) is 0.921. The monoisotopic (exact) mass is 392 g/mol. The van der Waals surface area contributed by atoms with Crippen molar-refractivity contribution in [1.82, 2.24) is 10.0 Å². The normalized spacial score (nSPS) is 29.3. The average Bonchev–Trinajstić information content (AvgIpc) is 3.35. The Kier molecular flexibility index (Phi) is 3.84. The van der Waals surface area contributed by atoms with Crippen LogP contribution >= 0.6 is 0 Å². The van der Waals surface area contributed by atoms with Crippen LogP contribution in [0.25, 0.3) is 0 Å². The highest BCUT2D eigenvalue weighted by Crippen LogP contribution is 2.54. The predicted molar refractivity (Wildman–Crippen MR) is 105 cm³/mol. The number of hydrazine groups is 1. The van der Waals surface area contributed by atoms with E-state index in [4.69, 9.17) is 0 Å². The maximum absolute atomic E-state index is 13.6. The van der Waals surface area contributed by atoms with Gasteiger partial charge in [0.2, 0.25) is 5.91 Å². The van der Waals surface area contributed by atoms with Gasteiger partial charge in [0.05, 0.1) is 22.6 Å². The zero-order valence-corrected chi connectivity index (χ0v) is 15.9. The van der Waals surface area contributed by atoms with Gasteiger partial charge in [-0.25, -0.2) is 14.9 Å². The Labute approximate surface area is 167 Å². The molecule has 2 aromatic carbocycles. The van der Waals surface area contributed by atoms with Crippen molar-refractivity contribution in [3.8, 4) is 0 Å². The van der Waals surface area contributed by atoms with Crippen LogP contribution in [0.4, 0.5) is 11.4 Å². The van der Waals surface area contributed by atoms with Crippen molar-refractivity contribution in [2.24, 2.45) is 5.92 Å². The second-order valence-electron chi connectivity index (χ2n) is 7.88. The number of nitrogens with zero attached hydrogens (tertiary/aromatic N) is 4. The second kappa shape index (κ2) is 6.20. The minimum Gasteiger partial charge on any atom is -0.274 e. The lowest BCUT2D eigenvalue weighted by Gasteiger charge is -2.33. The van der Waals surface area contributed by atoms with E-state index < -0.39 is 16.4 Å². The maximum Gasteiger partial charge on any atom is 0.271 e. The number of nitro benzene ring substituents is 1. The quantitative estimate of drug-likeness (QED) is 0.453. The number of hydrogen-bond donors (Lipinski definition) is 0. The molecule has 8 heteroatoms. The molecule has 2 amide bonds. The molecule has 3 saturated heterocycles. The molecule has 0 radical (unpaired) electrons. The van der Waals surface area contributed by atoms with Gasteiger partial charge < -0.3 is 0 Å². The molecule has 3 fully saturated rings. The first-order valence-corrected chi connectivity index (χ1v) is 9.66. The van der Waals surface area contributed by atoms with E-state index in [1.54, 1.807) is 6.07 Å². The van der Waals surface area contributed by atoms with E-state index in [0.29, 0.717) is 6.54 Å². The summed E-state index contributed by atoms with van der Waals surface area (Å²) < 4.78 is 0. The third-order valence-electron chi connectivity index (χ3n) is 6.41. The summed E-state index contributed by atoms with van der Waals surface area (Å²) in [5, 5.41) is 15.4. The van der Waals surface area contributed by atoms with Crippen molar-refractivity contribution < 1.29 is 14.5 Å². The van der Waals surface area contributed by atoms with Gasteiger partial charge >= 0.3 is 0 Å². The van der Waals surface area contributed by atoms with Gasteiger partial charge in [0.15, 0.2) is 0 Å². The molecule has 0 saturated carbocycles. The molecule has 29 heavy (non-hydrogen) atoms. The van der Waals surface area contributed by atoms with Gasteiger partial charge in [-0.15, -0.1) is 0 Å². The summed E-state index contributed by atoms with van der Waals surface area (Å²) in [6.45, 7) is 3.33. The molecule has 2 aromatic rings. The molecule has 3 aliphatic rings. The number of anilines is 1. The van der Waals surface area contributed by atoms with E-state index in [-0.39, 0.29) is 29.2 Å². The number of nitro groups is 1. The first-order valence-electron chi connectivity index (χ1n) is 9.66. The molecule has 0 unspecified atom stereocenters. The minimum atomic E-state index is -1.00. The van der Waals surface area contributed by atoms with Crippen molar-refractivity contribution in [3.05, 3.63) is 70.3 Å². The highest BCUT2D eigenvalue weighted by molar-refractivity contribution is 6.26. The molecular formula is C21H20N4O4. The first kappa shape index (κ1) is 18.0. The number of carbonyl (C=O) groups is 2. The highest BCUT2D eigenvalue weighted by atomic mass is 16.6. The molecule has 3 atom stereocenters. The summed E-state index contributed by atoms with van der Waals surface area (Å²) in [7, 11) is 0.